The zero-order valence-corrected chi connectivity index (χ0v) is 16.1. The number of nitrogens with zero attached hydrogens (tertiary/aromatic N) is 2. The Kier molecular flexibility index (Phi) is 4.95. The van der Waals surface area contributed by atoms with Crippen molar-refractivity contribution in [2.45, 2.75) is 31.8 Å². The van der Waals surface area contributed by atoms with Gasteiger partial charge in [-0.3, -0.25) is 4.79 Å². The van der Waals surface area contributed by atoms with E-state index in [1.54, 1.807) is 4.57 Å². The number of carboxylic acids is 1. The number of aliphatic hydroxyl groups is 1. The first-order valence-electron chi connectivity index (χ1n) is 9.72. The van der Waals surface area contributed by atoms with Crippen molar-refractivity contribution in [3.05, 3.63) is 33.9 Å². The summed E-state index contributed by atoms with van der Waals surface area (Å²) in [5.74, 6) is -1.57. The minimum Gasteiger partial charge on any atom is -0.487 e. The average Bonchev–Trinajstić information content (AvgIpc) is 2.67. The second-order valence-corrected chi connectivity index (χ2v) is 7.85. The van der Waals surface area contributed by atoms with Gasteiger partial charge < -0.3 is 30.2 Å². The SMILES string of the molecule is CC1COc2c(N3CC[C@@H](CCO)C(N)C3)c(F)cc3c(=O)c(C(=O)O)cn1c23. The lowest BCUT2D eigenvalue weighted by Crippen LogP contribution is -2.49. The lowest BCUT2D eigenvalue weighted by atomic mass is 9.89. The zero-order chi connectivity index (χ0) is 20.9. The molecule has 156 valence electrons. The number of halogens is 1. The molecule has 3 atom stereocenters. The number of anilines is 1. The van der Waals surface area contributed by atoms with Crippen LogP contribution in [0.3, 0.4) is 0 Å². The highest BCUT2D eigenvalue weighted by Gasteiger charge is 2.33. The predicted molar refractivity (Wildman–Crippen MR) is 105 cm³/mol. The van der Waals surface area contributed by atoms with Crippen molar-refractivity contribution in [3.8, 4) is 5.75 Å². The van der Waals surface area contributed by atoms with E-state index < -0.39 is 22.8 Å². The van der Waals surface area contributed by atoms with Crippen LogP contribution in [-0.4, -0.2) is 53.1 Å². The number of aliphatic hydroxyl groups excluding tert-OH is 1. The number of piperidine rings is 1. The minimum absolute atomic E-state index is 0.00725. The molecule has 3 heterocycles. The quantitative estimate of drug-likeness (QED) is 0.702. The standard InChI is InChI=1S/C20H24FN3O5/c1-10-9-29-19-16-12(18(26)13(20(27)28)7-24(10)16)6-14(21)17(19)23-4-2-11(3-5-25)15(22)8-23/h6-7,10-11,15,25H,2-5,8-9,22H2,1H3,(H,27,28)/t10?,11-,15?/m0/s1. The number of hydrogen-bond donors (Lipinski definition) is 3. The van der Waals surface area contributed by atoms with E-state index in [0.717, 1.165) is 6.07 Å². The fourth-order valence-electron chi connectivity index (χ4n) is 4.42. The Bertz CT molecular complexity index is 1040. The van der Waals surface area contributed by atoms with Crippen molar-refractivity contribution in [1.82, 2.24) is 4.57 Å². The molecule has 2 aliphatic heterocycles. The first-order chi connectivity index (χ1) is 13.8. The number of benzene rings is 1. The van der Waals surface area contributed by atoms with E-state index in [1.165, 1.54) is 6.20 Å². The largest absolute Gasteiger partial charge is 0.487 e. The Balaban J connectivity index is 1.88. The van der Waals surface area contributed by atoms with E-state index in [4.69, 9.17) is 10.5 Å². The lowest BCUT2D eigenvalue weighted by Gasteiger charge is -2.39. The van der Waals surface area contributed by atoms with E-state index in [-0.39, 0.29) is 48.0 Å². The van der Waals surface area contributed by atoms with Gasteiger partial charge in [0.15, 0.2) is 11.6 Å². The molecule has 8 nitrogen and oxygen atoms in total. The van der Waals surface area contributed by atoms with Gasteiger partial charge in [-0.25, -0.2) is 9.18 Å². The summed E-state index contributed by atoms with van der Waals surface area (Å²) >= 11 is 0. The Labute approximate surface area is 166 Å². The van der Waals surface area contributed by atoms with Crippen molar-refractivity contribution in [2.75, 3.05) is 31.2 Å². The maximum atomic E-state index is 15.2. The molecule has 9 heteroatoms. The van der Waals surface area contributed by atoms with Crippen molar-refractivity contribution >= 4 is 22.6 Å². The Morgan fingerprint density at radius 1 is 1.45 bits per heavy atom. The summed E-state index contributed by atoms with van der Waals surface area (Å²) in [5, 5.41) is 18.5. The normalized spacial score (nSPS) is 23.9. The number of ether oxygens (including phenoxy) is 1. The number of aromatic nitrogens is 1. The van der Waals surface area contributed by atoms with E-state index in [1.807, 2.05) is 11.8 Å². The monoisotopic (exact) mass is 405 g/mol. The molecule has 0 aliphatic carbocycles. The van der Waals surface area contributed by atoms with Gasteiger partial charge in [-0.05, 0) is 31.7 Å². The Morgan fingerprint density at radius 3 is 2.86 bits per heavy atom. The highest BCUT2D eigenvalue weighted by Crippen LogP contribution is 2.42. The van der Waals surface area contributed by atoms with Gasteiger partial charge in [0, 0.05) is 31.9 Å². The minimum atomic E-state index is -1.35. The number of rotatable bonds is 4. The third-order valence-electron chi connectivity index (χ3n) is 5.99. The number of carboxylic acid groups (broad SMARTS) is 1. The maximum absolute atomic E-state index is 15.2. The maximum Gasteiger partial charge on any atom is 0.341 e. The van der Waals surface area contributed by atoms with Crippen LogP contribution in [0.5, 0.6) is 5.75 Å². The van der Waals surface area contributed by atoms with Crippen molar-refractivity contribution in [2.24, 2.45) is 11.7 Å². The van der Waals surface area contributed by atoms with E-state index in [2.05, 4.69) is 0 Å². The van der Waals surface area contributed by atoms with Crippen molar-refractivity contribution < 1.29 is 24.1 Å². The third kappa shape index (κ3) is 3.14. The molecule has 0 spiro atoms. The van der Waals surface area contributed by atoms with Gasteiger partial charge in [-0.1, -0.05) is 0 Å². The fourth-order valence-corrected chi connectivity index (χ4v) is 4.42. The molecule has 4 N–H and O–H groups in total. The molecule has 2 unspecified atom stereocenters. The van der Waals surface area contributed by atoms with Crippen LogP contribution in [0.15, 0.2) is 17.1 Å². The average molecular weight is 405 g/mol. The molecule has 4 rings (SSSR count). The molecule has 2 aliphatic rings. The third-order valence-corrected chi connectivity index (χ3v) is 5.99. The van der Waals surface area contributed by atoms with Gasteiger partial charge in [-0.2, -0.15) is 0 Å². The van der Waals surface area contributed by atoms with Gasteiger partial charge in [0.2, 0.25) is 5.43 Å². The molecule has 2 aromatic rings. The van der Waals surface area contributed by atoms with Crippen LogP contribution in [0.25, 0.3) is 10.9 Å². The van der Waals surface area contributed by atoms with Crippen LogP contribution in [0.2, 0.25) is 0 Å². The van der Waals surface area contributed by atoms with Crippen LogP contribution >= 0.6 is 0 Å². The van der Waals surface area contributed by atoms with Gasteiger partial charge >= 0.3 is 5.97 Å². The molecule has 0 bridgehead atoms. The van der Waals surface area contributed by atoms with Gasteiger partial charge in [0.05, 0.1) is 16.9 Å². The van der Waals surface area contributed by atoms with Gasteiger partial charge in [0.25, 0.3) is 0 Å². The highest BCUT2D eigenvalue weighted by atomic mass is 19.1. The van der Waals surface area contributed by atoms with Crippen LogP contribution < -0.4 is 20.8 Å². The van der Waals surface area contributed by atoms with E-state index >= 15 is 4.39 Å². The summed E-state index contributed by atoms with van der Waals surface area (Å²) < 4.78 is 22.7. The van der Waals surface area contributed by atoms with Crippen LogP contribution in [0.1, 0.15) is 36.2 Å². The van der Waals surface area contributed by atoms with Crippen LogP contribution in [-0.2, 0) is 0 Å². The molecule has 0 saturated carbocycles. The van der Waals surface area contributed by atoms with Crippen LogP contribution in [0.4, 0.5) is 10.1 Å². The topological polar surface area (TPSA) is 118 Å². The Morgan fingerprint density at radius 2 is 2.21 bits per heavy atom. The lowest BCUT2D eigenvalue weighted by molar-refractivity contribution is 0.0694. The highest BCUT2D eigenvalue weighted by molar-refractivity contribution is 5.97. The number of carbonyl (C=O) groups is 1. The number of nitrogens with two attached hydrogens (primary N) is 1. The molecule has 29 heavy (non-hydrogen) atoms. The smallest absolute Gasteiger partial charge is 0.341 e. The summed E-state index contributed by atoms with van der Waals surface area (Å²) in [6.07, 6.45) is 2.62. The summed E-state index contributed by atoms with van der Waals surface area (Å²) in [5.41, 5.74) is 5.78. The molecular formula is C20H24FN3O5. The molecule has 1 aromatic carbocycles. The molecular weight excluding hydrogens is 381 g/mol. The van der Waals surface area contributed by atoms with Crippen molar-refractivity contribution in [1.29, 1.82) is 0 Å². The molecule has 0 amide bonds. The first-order valence-corrected chi connectivity index (χ1v) is 9.72. The first kappa shape index (κ1) is 19.7. The second kappa shape index (κ2) is 7.31. The molecule has 1 fully saturated rings. The number of pyridine rings is 1. The number of hydrogen-bond acceptors (Lipinski definition) is 6. The van der Waals surface area contributed by atoms with E-state index in [9.17, 15) is 19.8 Å². The number of aromatic carboxylic acids is 1. The Hall–Kier alpha value is -2.65. The zero-order valence-electron chi connectivity index (χ0n) is 16.1. The van der Waals surface area contributed by atoms with Crippen LogP contribution in [0, 0.1) is 11.7 Å². The summed E-state index contributed by atoms with van der Waals surface area (Å²) in [6, 6.07) is 0.670. The molecule has 1 saturated heterocycles. The fraction of sp³-hybridized carbons (Fsp3) is 0.500. The van der Waals surface area contributed by atoms with Gasteiger partial charge in [-0.15, -0.1) is 0 Å². The molecule has 1 aromatic heterocycles. The second-order valence-electron chi connectivity index (χ2n) is 7.85. The summed E-state index contributed by atoms with van der Waals surface area (Å²) in [7, 11) is 0. The van der Waals surface area contributed by atoms with Crippen molar-refractivity contribution in [3.63, 3.8) is 0 Å². The van der Waals surface area contributed by atoms with Gasteiger partial charge in [0.1, 0.15) is 17.9 Å². The predicted octanol–water partition coefficient (Wildman–Crippen LogP) is 1.33. The van der Waals surface area contributed by atoms with E-state index in [0.29, 0.717) is 31.4 Å². The summed E-state index contributed by atoms with van der Waals surface area (Å²) in [4.78, 5) is 26.0. The summed E-state index contributed by atoms with van der Waals surface area (Å²) in [6.45, 7) is 3.08. The molecule has 0 radical (unpaired) electrons.